The summed E-state index contributed by atoms with van der Waals surface area (Å²) >= 11 is 0. The van der Waals surface area contributed by atoms with E-state index in [1.54, 1.807) is 0 Å². The van der Waals surface area contributed by atoms with Crippen LogP contribution in [0.3, 0.4) is 0 Å². The Labute approximate surface area is 96.6 Å². The average molecular weight is 226 g/mol. The number of aliphatic hydroxyl groups is 1. The molecule has 0 aromatic rings. The highest BCUT2D eigenvalue weighted by Gasteiger charge is 2.41. The fraction of sp³-hybridized carbons (Fsp3) is 0.917. The summed E-state index contributed by atoms with van der Waals surface area (Å²) in [6.45, 7) is 0. The van der Waals surface area contributed by atoms with Gasteiger partial charge in [0.15, 0.2) is 0 Å². The van der Waals surface area contributed by atoms with E-state index in [1.807, 2.05) is 0 Å². The molecule has 4 nitrogen and oxygen atoms in total. The van der Waals surface area contributed by atoms with Gasteiger partial charge in [0.05, 0.1) is 17.7 Å². The summed E-state index contributed by atoms with van der Waals surface area (Å²) in [6.07, 6.45) is 7.17. The van der Waals surface area contributed by atoms with Gasteiger partial charge in [0.1, 0.15) is 0 Å². The van der Waals surface area contributed by atoms with Gasteiger partial charge in [0.25, 0.3) is 0 Å². The minimum Gasteiger partial charge on any atom is -0.391 e. The van der Waals surface area contributed by atoms with Gasteiger partial charge in [-0.1, -0.05) is 19.3 Å². The molecular weight excluding hydrogens is 204 g/mol. The maximum absolute atomic E-state index is 11.9. The topological polar surface area (TPSA) is 75.4 Å². The summed E-state index contributed by atoms with van der Waals surface area (Å²) in [5.74, 6) is -0.0651. The molecule has 0 aliphatic heterocycles. The Bertz CT molecular complexity index is 264. The average Bonchev–Trinajstić information content (AvgIpc) is 2.41. The highest BCUT2D eigenvalue weighted by Crippen LogP contribution is 2.29. The second kappa shape index (κ2) is 4.72. The summed E-state index contributed by atoms with van der Waals surface area (Å²) in [4.78, 5) is 11.9. The van der Waals surface area contributed by atoms with Crippen molar-refractivity contribution < 1.29 is 9.90 Å². The van der Waals surface area contributed by atoms with Crippen LogP contribution in [-0.2, 0) is 4.79 Å². The third kappa shape index (κ3) is 2.38. The molecule has 0 saturated heterocycles. The minimum absolute atomic E-state index is 0.0651. The van der Waals surface area contributed by atoms with E-state index in [9.17, 15) is 9.90 Å². The van der Waals surface area contributed by atoms with E-state index in [2.05, 4.69) is 5.32 Å². The molecule has 1 amide bonds. The van der Waals surface area contributed by atoms with Crippen LogP contribution < -0.4 is 11.1 Å². The van der Waals surface area contributed by atoms with Crippen LogP contribution in [0.1, 0.15) is 51.4 Å². The zero-order valence-corrected chi connectivity index (χ0v) is 9.74. The lowest BCUT2D eigenvalue weighted by Crippen LogP contribution is -2.61. The molecule has 4 heteroatoms. The van der Waals surface area contributed by atoms with Gasteiger partial charge in [-0.05, 0) is 32.1 Å². The maximum atomic E-state index is 11.9. The van der Waals surface area contributed by atoms with E-state index in [0.717, 1.165) is 51.4 Å². The van der Waals surface area contributed by atoms with Crippen molar-refractivity contribution in [3.63, 3.8) is 0 Å². The smallest absolute Gasteiger partial charge is 0.240 e. The predicted molar refractivity (Wildman–Crippen MR) is 61.8 cm³/mol. The van der Waals surface area contributed by atoms with E-state index in [4.69, 9.17) is 5.73 Å². The fourth-order valence-corrected chi connectivity index (χ4v) is 2.55. The van der Waals surface area contributed by atoms with Gasteiger partial charge in [0, 0.05) is 0 Å². The molecule has 0 bridgehead atoms. The molecule has 2 aliphatic rings. The number of amides is 1. The van der Waals surface area contributed by atoms with Crippen LogP contribution in [0.2, 0.25) is 0 Å². The van der Waals surface area contributed by atoms with Crippen molar-refractivity contribution in [2.75, 3.05) is 0 Å². The number of hydrogen-bond acceptors (Lipinski definition) is 3. The molecule has 0 radical (unpaired) electrons. The molecule has 2 aliphatic carbocycles. The van der Waals surface area contributed by atoms with Gasteiger partial charge < -0.3 is 16.2 Å². The summed E-state index contributed by atoms with van der Waals surface area (Å²) in [6, 6.07) is -0.0870. The van der Waals surface area contributed by atoms with Gasteiger partial charge in [-0.2, -0.15) is 0 Å². The summed E-state index contributed by atoms with van der Waals surface area (Å²) in [7, 11) is 0. The van der Waals surface area contributed by atoms with E-state index >= 15 is 0 Å². The van der Waals surface area contributed by atoms with Crippen LogP contribution in [0.5, 0.6) is 0 Å². The molecule has 2 fully saturated rings. The molecule has 2 unspecified atom stereocenters. The number of carbonyl (C=O) groups excluding carboxylic acids is 1. The van der Waals surface area contributed by atoms with Crippen molar-refractivity contribution in [1.29, 1.82) is 0 Å². The molecular formula is C12H22N2O2. The molecule has 2 rings (SSSR count). The van der Waals surface area contributed by atoms with Crippen LogP contribution in [0.15, 0.2) is 0 Å². The number of hydrogen-bond donors (Lipinski definition) is 3. The quantitative estimate of drug-likeness (QED) is 0.606. The molecule has 0 aromatic carbocycles. The van der Waals surface area contributed by atoms with Gasteiger partial charge >= 0.3 is 0 Å². The molecule has 92 valence electrons. The third-order valence-electron chi connectivity index (χ3n) is 3.99. The predicted octanol–water partition coefficient (Wildman–Crippen LogP) is 0.678. The van der Waals surface area contributed by atoms with Crippen LogP contribution in [0.4, 0.5) is 0 Å². The van der Waals surface area contributed by atoms with Crippen molar-refractivity contribution in [2.24, 2.45) is 5.73 Å². The first-order valence-corrected chi connectivity index (χ1v) is 6.40. The van der Waals surface area contributed by atoms with Crippen molar-refractivity contribution in [3.8, 4) is 0 Å². The van der Waals surface area contributed by atoms with Crippen LogP contribution in [0.25, 0.3) is 0 Å². The Hall–Kier alpha value is -0.610. The lowest BCUT2D eigenvalue weighted by Gasteiger charge is -2.38. The van der Waals surface area contributed by atoms with Gasteiger partial charge in [-0.25, -0.2) is 0 Å². The Morgan fingerprint density at radius 3 is 2.50 bits per heavy atom. The van der Waals surface area contributed by atoms with Crippen molar-refractivity contribution in [2.45, 2.75) is 69.1 Å². The van der Waals surface area contributed by atoms with Crippen LogP contribution >= 0.6 is 0 Å². The summed E-state index contributed by atoms with van der Waals surface area (Å²) in [5.41, 5.74) is 5.31. The second-order valence-corrected chi connectivity index (χ2v) is 5.30. The van der Waals surface area contributed by atoms with Gasteiger partial charge in [-0.15, -0.1) is 0 Å². The van der Waals surface area contributed by atoms with Crippen molar-refractivity contribution in [1.82, 2.24) is 5.32 Å². The molecule has 0 heterocycles. The SMILES string of the molecule is NC1(C(=O)NC2CCCCCC2O)CCC1. The second-order valence-electron chi connectivity index (χ2n) is 5.30. The Balaban J connectivity index is 1.89. The van der Waals surface area contributed by atoms with Crippen LogP contribution in [-0.4, -0.2) is 28.7 Å². The first kappa shape index (κ1) is 11.9. The lowest BCUT2D eigenvalue weighted by molar-refractivity contribution is -0.130. The fourth-order valence-electron chi connectivity index (χ4n) is 2.55. The van der Waals surface area contributed by atoms with Crippen molar-refractivity contribution in [3.05, 3.63) is 0 Å². The number of nitrogens with one attached hydrogen (secondary N) is 1. The third-order valence-corrected chi connectivity index (χ3v) is 3.99. The molecule has 2 saturated carbocycles. The monoisotopic (exact) mass is 226 g/mol. The maximum Gasteiger partial charge on any atom is 0.240 e. The number of rotatable bonds is 2. The zero-order chi connectivity index (χ0) is 11.6. The molecule has 4 N–H and O–H groups in total. The Morgan fingerprint density at radius 2 is 1.88 bits per heavy atom. The largest absolute Gasteiger partial charge is 0.391 e. The highest BCUT2D eigenvalue weighted by molar-refractivity contribution is 5.87. The number of nitrogens with two attached hydrogens (primary N) is 1. The molecule has 16 heavy (non-hydrogen) atoms. The number of carbonyl (C=O) groups is 1. The summed E-state index contributed by atoms with van der Waals surface area (Å²) in [5, 5.41) is 12.8. The highest BCUT2D eigenvalue weighted by atomic mass is 16.3. The standard InChI is InChI=1S/C12H22N2O2/c13-12(7-4-8-12)11(16)14-9-5-2-1-3-6-10(9)15/h9-10,15H,1-8,13H2,(H,14,16). The van der Waals surface area contributed by atoms with E-state index in [0.29, 0.717) is 0 Å². The first-order valence-electron chi connectivity index (χ1n) is 6.40. The molecule has 0 spiro atoms. The Morgan fingerprint density at radius 1 is 1.19 bits per heavy atom. The number of aliphatic hydroxyl groups excluding tert-OH is 1. The van der Waals surface area contributed by atoms with E-state index in [1.165, 1.54) is 0 Å². The van der Waals surface area contributed by atoms with Gasteiger partial charge in [0.2, 0.25) is 5.91 Å². The molecule has 0 aromatic heterocycles. The minimum atomic E-state index is -0.647. The Kier molecular flexibility index (Phi) is 3.50. The van der Waals surface area contributed by atoms with E-state index < -0.39 is 11.6 Å². The van der Waals surface area contributed by atoms with E-state index in [-0.39, 0.29) is 11.9 Å². The normalized spacial score (nSPS) is 33.6. The zero-order valence-electron chi connectivity index (χ0n) is 9.74. The van der Waals surface area contributed by atoms with Crippen molar-refractivity contribution >= 4 is 5.91 Å². The summed E-state index contributed by atoms with van der Waals surface area (Å²) < 4.78 is 0. The van der Waals surface area contributed by atoms with Gasteiger partial charge in [-0.3, -0.25) is 4.79 Å². The van der Waals surface area contributed by atoms with Crippen LogP contribution in [0, 0.1) is 0 Å². The first-order chi connectivity index (χ1) is 7.62. The molecule has 2 atom stereocenters. The lowest BCUT2D eigenvalue weighted by atomic mass is 9.77.